The molecule has 0 saturated heterocycles. The lowest BCUT2D eigenvalue weighted by Crippen LogP contribution is -1.99. The minimum absolute atomic E-state index is 0.227. The van der Waals surface area contributed by atoms with Gasteiger partial charge in [0.25, 0.3) is 0 Å². The Kier molecular flexibility index (Phi) is 1.68. The molecule has 2 atom stereocenters. The highest BCUT2D eigenvalue weighted by Gasteiger charge is 2.29. The van der Waals surface area contributed by atoms with Gasteiger partial charge in [-0.2, -0.15) is 0 Å². The lowest BCUT2D eigenvalue weighted by molar-refractivity contribution is 0.159. The van der Waals surface area contributed by atoms with E-state index in [1.165, 1.54) is 21.9 Å². The fourth-order valence-corrected chi connectivity index (χ4v) is 2.70. The van der Waals surface area contributed by atoms with Crippen LogP contribution in [-0.4, -0.2) is 5.11 Å². The van der Waals surface area contributed by atoms with Crippen LogP contribution in [0.4, 0.5) is 0 Å². The molecule has 15 heavy (non-hydrogen) atoms. The zero-order chi connectivity index (χ0) is 10.6. The van der Waals surface area contributed by atoms with E-state index in [-0.39, 0.29) is 12.0 Å². The molecule has 0 heterocycles. The Morgan fingerprint density at radius 2 is 1.93 bits per heavy atom. The summed E-state index contributed by atoms with van der Waals surface area (Å²) < 4.78 is 0. The van der Waals surface area contributed by atoms with E-state index in [1.54, 1.807) is 0 Å². The first-order chi connectivity index (χ1) is 7.18. The van der Waals surface area contributed by atoms with Crippen LogP contribution in [0.3, 0.4) is 0 Å². The Balaban J connectivity index is 2.48. The lowest BCUT2D eigenvalue weighted by atomic mass is 10.0. The van der Waals surface area contributed by atoms with Crippen LogP contribution in [0, 0.1) is 6.92 Å². The molecule has 3 rings (SSSR count). The fourth-order valence-electron chi connectivity index (χ4n) is 2.70. The third-order valence-corrected chi connectivity index (χ3v) is 3.47. The number of hydrogen-bond donors (Lipinski definition) is 1. The number of aliphatic hydroxyl groups is 1. The van der Waals surface area contributed by atoms with Crippen LogP contribution in [0.2, 0.25) is 0 Å². The van der Waals surface area contributed by atoms with Crippen molar-refractivity contribution in [2.75, 3.05) is 0 Å². The largest absolute Gasteiger partial charge is 0.388 e. The van der Waals surface area contributed by atoms with E-state index in [0.717, 1.165) is 5.56 Å². The van der Waals surface area contributed by atoms with Crippen molar-refractivity contribution in [3.63, 3.8) is 0 Å². The average Bonchev–Trinajstić information content (AvgIpc) is 2.46. The van der Waals surface area contributed by atoms with Crippen molar-refractivity contribution in [3.8, 4) is 0 Å². The minimum atomic E-state index is -0.329. The summed E-state index contributed by atoms with van der Waals surface area (Å²) in [6.45, 7) is 4.17. The summed E-state index contributed by atoms with van der Waals surface area (Å²) in [5.74, 6) is 0.227. The van der Waals surface area contributed by atoms with Crippen LogP contribution in [0.5, 0.6) is 0 Å². The molecule has 1 N–H and O–H groups in total. The topological polar surface area (TPSA) is 20.2 Å². The van der Waals surface area contributed by atoms with Gasteiger partial charge in [-0.25, -0.2) is 0 Å². The van der Waals surface area contributed by atoms with Crippen molar-refractivity contribution < 1.29 is 5.11 Å². The molecule has 1 heteroatoms. The minimum Gasteiger partial charge on any atom is -0.388 e. The van der Waals surface area contributed by atoms with E-state index in [0.29, 0.717) is 0 Å². The molecule has 0 fully saturated rings. The molecule has 0 bridgehead atoms. The first-order valence-corrected chi connectivity index (χ1v) is 5.39. The molecule has 0 aromatic heterocycles. The van der Waals surface area contributed by atoms with Crippen LogP contribution >= 0.6 is 0 Å². The van der Waals surface area contributed by atoms with Crippen molar-refractivity contribution in [1.29, 1.82) is 0 Å². The van der Waals surface area contributed by atoms with Gasteiger partial charge in [0, 0.05) is 5.92 Å². The molecule has 0 aliphatic heterocycles. The van der Waals surface area contributed by atoms with Crippen molar-refractivity contribution in [2.45, 2.75) is 25.9 Å². The lowest BCUT2D eigenvalue weighted by Gasteiger charge is -2.10. The Labute approximate surface area is 89.4 Å². The quantitative estimate of drug-likeness (QED) is 0.688. The van der Waals surface area contributed by atoms with Gasteiger partial charge in [-0.05, 0) is 28.8 Å². The molecule has 2 unspecified atom stereocenters. The second kappa shape index (κ2) is 2.83. The van der Waals surface area contributed by atoms with Crippen LogP contribution in [0.15, 0.2) is 30.3 Å². The zero-order valence-electron chi connectivity index (χ0n) is 8.99. The summed E-state index contributed by atoms with van der Waals surface area (Å²) in [7, 11) is 0. The molecular weight excluding hydrogens is 184 g/mol. The first-order valence-electron chi connectivity index (χ1n) is 5.39. The standard InChI is InChI=1S/C14H14O/c1-8-6-10-4-3-5-11-9(2)14(15)12(7-8)13(10)11/h3-7,9,14-15H,1-2H3. The highest BCUT2D eigenvalue weighted by Crippen LogP contribution is 2.45. The molecule has 2 aromatic rings. The summed E-state index contributed by atoms with van der Waals surface area (Å²) >= 11 is 0. The molecule has 76 valence electrons. The van der Waals surface area contributed by atoms with Gasteiger partial charge in [0.1, 0.15) is 0 Å². The molecule has 2 aromatic carbocycles. The predicted octanol–water partition coefficient (Wildman–Crippen LogP) is 3.30. The van der Waals surface area contributed by atoms with Gasteiger partial charge in [0.05, 0.1) is 6.10 Å². The first kappa shape index (κ1) is 8.93. The molecule has 0 radical (unpaired) electrons. The third-order valence-electron chi connectivity index (χ3n) is 3.47. The second-order valence-corrected chi connectivity index (χ2v) is 4.53. The average molecular weight is 198 g/mol. The highest BCUT2D eigenvalue weighted by atomic mass is 16.3. The molecule has 1 aliphatic rings. The third kappa shape index (κ3) is 1.07. The van der Waals surface area contributed by atoms with Crippen LogP contribution in [0.25, 0.3) is 10.8 Å². The van der Waals surface area contributed by atoms with Gasteiger partial charge < -0.3 is 5.11 Å². The van der Waals surface area contributed by atoms with E-state index in [4.69, 9.17) is 0 Å². The van der Waals surface area contributed by atoms with Crippen molar-refractivity contribution in [2.24, 2.45) is 0 Å². The van der Waals surface area contributed by atoms with E-state index < -0.39 is 0 Å². The molecule has 1 nitrogen and oxygen atoms in total. The summed E-state index contributed by atoms with van der Waals surface area (Å²) in [6.07, 6.45) is -0.329. The summed E-state index contributed by atoms with van der Waals surface area (Å²) in [4.78, 5) is 0. The zero-order valence-corrected chi connectivity index (χ0v) is 8.99. The van der Waals surface area contributed by atoms with E-state index in [2.05, 4.69) is 44.2 Å². The number of aliphatic hydroxyl groups excluding tert-OH is 1. The molecular formula is C14H14O. The van der Waals surface area contributed by atoms with Gasteiger partial charge >= 0.3 is 0 Å². The Hall–Kier alpha value is -1.34. The van der Waals surface area contributed by atoms with Crippen LogP contribution in [0.1, 0.15) is 35.6 Å². The van der Waals surface area contributed by atoms with Gasteiger partial charge in [-0.1, -0.05) is 42.8 Å². The summed E-state index contributed by atoms with van der Waals surface area (Å²) in [5.41, 5.74) is 3.62. The van der Waals surface area contributed by atoms with Gasteiger partial charge in [0.15, 0.2) is 0 Å². The van der Waals surface area contributed by atoms with Crippen molar-refractivity contribution in [1.82, 2.24) is 0 Å². The summed E-state index contributed by atoms with van der Waals surface area (Å²) in [6, 6.07) is 10.6. The van der Waals surface area contributed by atoms with Crippen molar-refractivity contribution in [3.05, 3.63) is 47.0 Å². The monoisotopic (exact) mass is 198 g/mol. The molecule has 1 aliphatic carbocycles. The predicted molar refractivity (Wildman–Crippen MR) is 62.1 cm³/mol. The molecule has 0 amide bonds. The number of hydrogen-bond acceptors (Lipinski definition) is 1. The maximum Gasteiger partial charge on any atom is 0.0862 e. The van der Waals surface area contributed by atoms with Gasteiger partial charge in [-0.3, -0.25) is 0 Å². The van der Waals surface area contributed by atoms with Crippen LogP contribution in [-0.2, 0) is 0 Å². The number of rotatable bonds is 0. The van der Waals surface area contributed by atoms with Crippen molar-refractivity contribution >= 4 is 10.8 Å². The molecule has 0 saturated carbocycles. The van der Waals surface area contributed by atoms with E-state index >= 15 is 0 Å². The van der Waals surface area contributed by atoms with Crippen LogP contribution < -0.4 is 0 Å². The fraction of sp³-hybridized carbons (Fsp3) is 0.286. The summed E-state index contributed by atoms with van der Waals surface area (Å²) in [5, 5.41) is 12.7. The van der Waals surface area contributed by atoms with Gasteiger partial charge in [0.2, 0.25) is 0 Å². The number of aryl methyl sites for hydroxylation is 1. The highest BCUT2D eigenvalue weighted by molar-refractivity contribution is 5.92. The Morgan fingerprint density at radius 1 is 1.13 bits per heavy atom. The maximum atomic E-state index is 10.2. The Morgan fingerprint density at radius 3 is 2.73 bits per heavy atom. The maximum absolute atomic E-state index is 10.2. The van der Waals surface area contributed by atoms with E-state index in [1.807, 2.05) is 0 Å². The van der Waals surface area contributed by atoms with Gasteiger partial charge in [-0.15, -0.1) is 0 Å². The SMILES string of the molecule is Cc1cc2c3c(cccc3c1)C(C)C2O. The smallest absolute Gasteiger partial charge is 0.0862 e. The molecule has 0 spiro atoms. The normalized spacial score (nSPS) is 23.7. The number of benzene rings is 2. The van der Waals surface area contributed by atoms with E-state index in [9.17, 15) is 5.11 Å². The Bertz CT molecular complexity index is 542. The second-order valence-electron chi connectivity index (χ2n) is 4.53.